The number of carbonyl (C=O) groups is 2. The summed E-state index contributed by atoms with van der Waals surface area (Å²) in [6.45, 7) is 0.307. The predicted octanol–water partition coefficient (Wildman–Crippen LogP) is 0.683. The Hall–Kier alpha value is -2.08. The summed E-state index contributed by atoms with van der Waals surface area (Å²) in [5, 5.41) is 20.8. The lowest BCUT2D eigenvalue weighted by Crippen LogP contribution is -2.34. The molecular weight excluding hydrogens is 262 g/mol. The van der Waals surface area contributed by atoms with E-state index < -0.39 is 12.1 Å². The van der Waals surface area contributed by atoms with Crippen LogP contribution in [0.1, 0.15) is 18.4 Å². The van der Waals surface area contributed by atoms with Crippen LogP contribution in [0.15, 0.2) is 24.3 Å². The summed E-state index contributed by atoms with van der Waals surface area (Å²) < 4.78 is 5.29. The molecule has 1 aliphatic rings. The number of benzene rings is 1. The lowest BCUT2D eigenvalue weighted by Gasteiger charge is -2.12. The van der Waals surface area contributed by atoms with E-state index in [0.717, 1.165) is 5.56 Å². The molecule has 0 radical (unpaired) electrons. The van der Waals surface area contributed by atoms with E-state index in [4.69, 9.17) is 9.84 Å². The number of rotatable bonds is 5. The van der Waals surface area contributed by atoms with Crippen LogP contribution in [0.5, 0.6) is 5.75 Å². The highest BCUT2D eigenvalue weighted by molar-refractivity contribution is 5.78. The van der Waals surface area contributed by atoms with E-state index in [1.807, 2.05) is 0 Å². The van der Waals surface area contributed by atoms with Crippen LogP contribution in [0, 0.1) is 0 Å². The fourth-order valence-electron chi connectivity index (χ4n) is 2.18. The van der Waals surface area contributed by atoms with E-state index in [1.54, 1.807) is 18.2 Å². The van der Waals surface area contributed by atoms with Gasteiger partial charge >= 0.3 is 5.97 Å². The number of phenols is 1. The molecular formula is C14H17NO5. The lowest BCUT2D eigenvalue weighted by molar-refractivity contribution is -0.149. The average Bonchev–Trinajstić information content (AvgIpc) is 2.85. The number of aliphatic carboxylic acids is 1. The zero-order valence-electron chi connectivity index (χ0n) is 10.9. The zero-order chi connectivity index (χ0) is 14.5. The first-order valence-electron chi connectivity index (χ1n) is 6.47. The molecule has 1 saturated heterocycles. The molecule has 6 heteroatoms. The maximum absolute atomic E-state index is 11.7. The van der Waals surface area contributed by atoms with Gasteiger partial charge in [-0.25, -0.2) is 4.79 Å². The normalized spacial score (nSPS) is 21.6. The molecule has 20 heavy (non-hydrogen) atoms. The van der Waals surface area contributed by atoms with Crippen LogP contribution in [0.3, 0.4) is 0 Å². The van der Waals surface area contributed by atoms with Crippen molar-refractivity contribution >= 4 is 11.9 Å². The van der Waals surface area contributed by atoms with Crippen molar-refractivity contribution in [2.45, 2.75) is 31.5 Å². The standard InChI is InChI=1S/C14H17NO5/c16-10-3-1-2-9(6-10)7-13(17)15-8-11-4-5-12(20-11)14(18)19/h1-3,6,11-12,16H,4-5,7-8H2,(H,15,17)(H,18,19). The molecule has 1 aromatic rings. The van der Waals surface area contributed by atoms with Gasteiger partial charge in [0.25, 0.3) is 0 Å². The molecule has 1 aliphatic heterocycles. The minimum Gasteiger partial charge on any atom is -0.508 e. The summed E-state index contributed by atoms with van der Waals surface area (Å²) in [7, 11) is 0. The zero-order valence-corrected chi connectivity index (χ0v) is 10.9. The maximum atomic E-state index is 11.7. The quantitative estimate of drug-likeness (QED) is 0.736. The van der Waals surface area contributed by atoms with Crippen LogP contribution in [-0.4, -0.2) is 40.8 Å². The summed E-state index contributed by atoms with van der Waals surface area (Å²) >= 11 is 0. The van der Waals surface area contributed by atoms with E-state index in [-0.39, 0.29) is 24.2 Å². The lowest BCUT2D eigenvalue weighted by atomic mass is 10.1. The largest absolute Gasteiger partial charge is 0.508 e. The number of aromatic hydroxyl groups is 1. The topological polar surface area (TPSA) is 95.9 Å². The van der Waals surface area contributed by atoms with E-state index in [2.05, 4.69) is 5.32 Å². The molecule has 6 nitrogen and oxygen atoms in total. The summed E-state index contributed by atoms with van der Waals surface area (Å²) in [5.74, 6) is -1.02. The molecule has 1 fully saturated rings. The van der Waals surface area contributed by atoms with Crippen molar-refractivity contribution in [2.75, 3.05) is 6.54 Å². The molecule has 108 valence electrons. The minimum absolute atomic E-state index is 0.124. The SMILES string of the molecule is O=C(Cc1cccc(O)c1)NCC1CCC(C(=O)O)O1. The molecule has 0 spiro atoms. The molecule has 0 saturated carbocycles. The number of carboxylic acids is 1. The third-order valence-corrected chi connectivity index (χ3v) is 3.19. The van der Waals surface area contributed by atoms with Crippen LogP contribution < -0.4 is 5.32 Å². The van der Waals surface area contributed by atoms with Gasteiger partial charge in [-0.1, -0.05) is 12.1 Å². The molecule has 2 rings (SSSR count). The smallest absolute Gasteiger partial charge is 0.332 e. The number of carbonyl (C=O) groups excluding carboxylic acids is 1. The predicted molar refractivity (Wildman–Crippen MR) is 70.4 cm³/mol. The average molecular weight is 279 g/mol. The van der Waals surface area contributed by atoms with Gasteiger partial charge in [0.1, 0.15) is 5.75 Å². The fourth-order valence-corrected chi connectivity index (χ4v) is 2.18. The monoisotopic (exact) mass is 279 g/mol. The summed E-state index contributed by atoms with van der Waals surface area (Å²) in [6.07, 6.45) is 0.266. The molecule has 3 N–H and O–H groups in total. The van der Waals surface area contributed by atoms with Crippen LogP contribution >= 0.6 is 0 Å². The van der Waals surface area contributed by atoms with Crippen molar-refractivity contribution in [3.05, 3.63) is 29.8 Å². The van der Waals surface area contributed by atoms with Crippen molar-refractivity contribution in [1.29, 1.82) is 0 Å². The third kappa shape index (κ3) is 3.96. The van der Waals surface area contributed by atoms with Gasteiger partial charge in [-0.3, -0.25) is 4.79 Å². The number of ether oxygens (including phenoxy) is 1. The highest BCUT2D eigenvalue weighted by Gasteiger charge is 2.30. The Morgan fingerprint density at radius 1 is 1.35 bits per heavy atom. The van der Waals surface area contributed by atoms with Crippen LogP contribution in [0.2, 0.25) is 0 Å². The number of hydrogen-bond acceptors (Lipinski definition) is 4. The highest BCUT2D eigenvalue weighted by Crippen LogP contribution is 2.19. The van der Waals surface area contributed by atoms with Gasteiger partial charge in [-0.2, -0.15) is 0 Å². The second-order valence-corrected chi connectivity index (χ2v) is 4.81. The van der Waals surface area contributed by atoms with Gasteiger partial charge in [0.05, 0.1) is 12.5 Å². The molecule has 0 bridgehead atoms. The van der Waals surface area contributed by atoms with Crippen molar-refractivity contribution < 1.29 is 24.5 Å². The Morgan fingerprint density at radius 3 is 2.80 bits per heavy atom. The summed E-state index contributed by atoms with van der Waals surface area (Å²) in [4.78, 5) is 22.5. The third-order valence-electron chi connectivity index (χ3n) is 3.19. The van der Waals surface area contributed by atoms with Crippen molar-refractivity contribution in [3.63, 3.8) is 0 Å². The van der Waals surface area contributed by atoms with E-state index in [9.17, 15) is 14.7 Å². The van der Waals surface area contributed by atoms with Gasteiger partial charge in [-0.15, -0.1) is 0 Å². The van der Waals surface area contributed by atoms with Crippen molar-refractivity contribution in [1.82, 2.24) is 5.32 Å². The number of nitrogens with one attached hydrogen (secondary N) is 1. The first kappa shape index (κ1) is 14.3. The summed E-state index contributed by atoms with van der Waals surface area (Å²) in [6, 6.07) is 6.51. The Balaban J connectivity index is 1.75. The molecule has 1 amide bonds. The Bertz CT molecular complexity index is 502. The van der Waals surface area contributed by atoms with E-state index in [0.29, 0.717) is 19.4 Å². The van der Waals surface area contributed by atoms with Gasteiger partial charge in [0.2, 0.25) is 5.91 Å². The Kier molecular flexibility index (Phi) is 4.57. The van der Waals surface area contributed by atoms with E-state index >= 15 is 0 Å². The Morgan fingerprint density at radius 2 is 2.15 bits per heavy atom. The molecule has 0 aromatic heterocycles. The number of carboxylic acid groups (broad SMARTS) is 1. The number of phenolic OH excluding ortho intramolecular Hbond substituents is 1. The maximum Gasteiger partial charge on any atom is 0.332 e. The van der Waals surface area contributed by atoms with Crippen molar-refractivity contribution in [2.24, 2.45) is 0 Å². The first-order valence-corrected chi connectivity index (χ1v) is 6.47. The number of hydrogen-bond donors (Lipinski definition) is 3. The highest BCUT2D eigenvalue weighted by atomic mass is 16.5. The van der Waals surface area contributed by atoms with Crippen LogP contribution in [-0.2, 0) is 20.7 Å². The molecule has 1 heterocycles. The van der Waals surface area contributed by atoms with Gasteiger partial charge in [0, 0.05) is 6.54 Å². The molecule has 0 aliphatic carbocycles. The summed E-state index contributed by atoms with van der Waals surface area (Å²) in [5.41, 5.74) is 0.721. The Labute approximate surface area is 116 Å². The fraction of sp³-hybridized carbons (Fsp3) is 0.429. The first-order chi connectivity index (χ1) is 9.54. The van der Waals surface area contributed by atoms with Crippen LogP contribution in [0.25, 0.3) is 0 Å². The van der Waals surface area contributed by atoms with Crippen LogP contribution in [0.4, 0.5) is 0 Å². The molecule has 2 atom stereocenters. The minimum atomic E-state index is -0.960. The van der Waals surface area contributed by atoms with Gasteiger partial charge < -0.3 is 20.3 Å². The second-order valence-electron chi connectivity index (χ2n) is 4.81. The van der Waals surface area contributed by atoms with E-state index in [1.165, 1.54) is 6.07 Å². The molecule has 2 unspecified atom stereocenters. The van der Waals surface area contributed by atoms with Gasteiger partial charge in [-0.05, 0) is 30.5 Å². The molecule has 1 aromatic carbocycles. The van der Waals surface area contributed by atoms with Crippen molar-refractivity contribution in [3.8, 4) is 5.75 Å². The van der Waals surface area contributed by atoms with Gasteiger partial charge in [0.15, 0.2) is 6.10 Å². The second kappa shape index (κ2) is 6.38. The number of amides is 1.